The Morgan fingerprint density at radius 1 is 0.333 bits per heavy atom. The molecule has 0 bridgehead atoms. The Morgan fingerprint density at radius 3 is 1.36 bits per heavy atom. The molecular weight excluding hydrogens is 1230 g/mol. The predicted octanol–water partition coefficient (Wildman–Crippen LogP) is 27.5. The molecule has 0 amide bonds. The summed E-state index contributed by atoms with van der Waals surface area (Å²) in [5.74, 6) is 0.611. The van der Waals surface area contributed by atoms with Gasteiger partial charge in [-0.2, -0.15) is 0 Å². The Bertz CT molecular complexity index is 5150. The number of hydrogen-bond donors (Lipinski definition) is 0. The maximum atomic E-state index is 3.95. The lowest BCUT2D eigenvalue weighted by atomic mass is 9.64. The van der Waals surface area contributed by atoms with Crippen LogP contribution >= 0.6 is 0 Å². The van der Waals surface area contributed by atoms with Crippen molar-refractivity contribution in [3.63, 3.8) is 0 Å². The highest BCUT2D eigenvalue weighted by atomic mass is 15.1. The lowest BCUT2D eigenvalue weighted by Gasteiger charge is -2.39. The van der Waals surface area contributed by atoms with Crippen molar-refractivity contribution in [2.45, 2.75) is 107 Å². The lowest BCUT2D eigenvalue weighted by Crippen LogP contribution is -2.34. The van der Waals surface area contributed by atoms with Crippen LogP contribution in [0.2, 0.25) is 0 Å². The van der Waals surface area contributed by atoms with Crippen molar-refractivity contribution in [2.24, 2.45) is 5.92 Å². The van der Waals surface area contributed by atoms with Crippen LogP contribution in [0, 0.1) is 5.92 Å². The van der Waals surface area contributed by atoms with Gasteiger partial charge in [-0.15, -0.1) is 0 Å². The molecule has 3 aliphatic carbocycles. The number of unbranched alkanes of at least 4 members (excludes halogenated alkanes) is 8. The second-order valence-corrected chi connectivity index (χ2v) is 28.7. The van der Waals surface area contributed by atoms with Gasteiger partial charge >= 0.3 is 0 Å². The van der Waals surface area contributed by atoms with Gasteiger partial charge in [-0.3, -0.25) is 0 Å². The zero-order valence-corrected chi connectivity index (χ0v) is 58.7. The molecule has 0 saturated carbocycles. The monoisotopic (exact) mass is 1320 g/mol. The van der Waals surface area contributed by atoms with Crippen LogP contribution < -0.4 is 9.80 Å². The van der Waals surface area contributed by atoms with E-state index in [1.807, 2.05) is 12.2 Å². The summed E-state index contributed by atoms with van der Waals surface area (Å²) in [6.45, 7) is 7.90. The molecule has 0 aromatic heterocycles. The second kappa shape index (κ2) is 29.6. The van der Waals surface area contributed by atoms with Gasteiger partial charge in [-0.1, -0.05) is 344 Å². The first-order valence-electron chi connectivity index (χ1n) is 37.5. The number of benzene rings is 13. The predicted molar refractivity (Wildman–Crippen MR) is 436 cm³/mol. The smallest absolute Gasteiger partial charge is 0.0540 e. The molecule has 0 spiro atoms. The van der Waals surface area contributed by atoms with E-state index < -0.39 is 0 Å². The minimum absolute atomic E-state index is 0.200. The molecule has 2 nitrogen and oxygen atoms in total. The Hall–Kier alpha value is -11.1. The van der Waals surface area contributed by atoms with Crippen LogP contribution in [-0.4, -0.2) is 0 Å². The van der Waals surface area contributed by atoms with Gasteiger partial charge in [-0.05, 0) is 188 Å². The third kappa shape index (κ3) is 12.7. The number of nitrogens with zero attached hydrogens (tertiary/aromatic N) is 2. The normalized spacial score (nSPS) is 16.9. The molecule has 0 heterocycles. The van der Waals surface area contributed by atoms with E-state index in [1.54, 1.807) is 0 Å². The van der Waals surface area contributed by atoms with E-state index in [2.05, 4.69) is 351 Å². The maximum Gasteiger partial charge on any atom is 0.0540 e. The molecule has 0 N–H and O–H groups in total. The number of anilines is 6. The molecule has 0 saturated heterocycles. The molecule has 102 heavy (non-hydrogen) atoms. The van der Waals surface area contributed by atoms with Gasteiger partial charge in [0.2, 0.25) is 0 Å². The first-order chi connectivity index (χ1) is 50.5. The van der Waals surface area contributed by atoms with Crippen molar-refractivity contribution in [2.75, 3.05) is 9.80 Å². The number of fused-ring (bicyclic) bond motifs is 8. The molecule has 0 radical (unpaired) electrons. The van der Waals surface area contributed by atoms with Gasteiger partial charge in [-0.25, -0.2) is 0 Å². The summed E-state index contributed by atoms with van der Waals surface area (Å²) in [6, 6.07) is 115. The van der Waals surface area contributed by atoms with E-state index in [4.69, 9.17) is 0 Å². The van der Waals surface area contributed by atoms with E-state index in [9.17, 15) is 0 Å². The molecule has 4 unspecified atom stereocenters. The molecule has 3 aliphatic rings. The minimum Gasteiger partial charge on any atom is -0.310 e. The van der Waals surface area contributed by atoms with E-state index in [-0.39, 0.29) is 10.8 Å². The van der Waals surface area contributed by atoms with Crippen molar-refractivity contribution >= 4 is 67.8 Å². The van der Waals surface area contributed by atoms with E-state index in [0.717, 1.165) is 61.3 Å². The summed E-state index contributed by atoms with van der Waals surface area (Å²) in [6.07, 6.45) is 29.9. The molecule has 13 aromatic carbocycles. The Morgan fingerprint density at radius 2 is 0.784 bits per heavy atom. The molecule has 4 atom stereocenters. The third-order valence-corrected chi connectivity index (χ3v) is 22.9. The third-order valence-electron chi connectivity index (χ3n) is 22.9. The first kappa shape index (κ1) is 65.5. The lowest BCUT2D eigenvalue weighted by molar-refractivity contribution is 0.350. The van der Waals surface area contributed by atoms with Gasteiger partial charge in [0.15, 0.2) is 0 Å². The first-order valence-corrected chi connectivity index (χ1v) is 37.5. The Balaban J connectivity index is 0.722. The van der Waals surface area contributed by atoms with Gasteiger partial charge in [0.05, 0.1) is 11.4 Å². The van der Waals surface area contributed by atoms with Crippen molar-refractivity contribution < 1.29 is 0 Å². The highest BCUT2D eigenvalue weighted by Crippen LogP contribution is 2.61. The fraction of sp³-hybridized carbons (Fsp3) is 0.180. The summed E-state index contributed by atoms with van der Waals surface area (Å²) < 4.78 is 0. The van der Waals surface area contributed by atoms with Crippen molar-refractivity contribution in [1.82, 2.24) is 0 Å². The number of hydrogen-bond acceptors (Lipinski definition) is 2. The highest BCUT2D eigenvalue weighted by molar-refractivity contribution is 6.01. The fourth-order valence-electron chi connectivity index (χ4n) is 17.8. The maximum absolute atomic E-state index is 3.95. The van der Waals surface area contributed by atoms with Gasteiger partial charge in [0.25, 0.3) is 0 Å². The Labute approximate surface area is 605 Å². The van der Waals surface area contributed by atoms with Crippen molar-refractivity contribution in [3.8, 4) is 22.3 Å². The van der Waals surface area contributed by atoms with Crippen LogP contribution in [0.4, 0.5) is 34.1 Å². The van der Waals surface area contributed by atoms with E-state index in [1.165, 1.54) is 162 Å². The number of aryl methyl sites for hydroxylation is 2. The summed E-state index contributed by atoms with van der Waals surface area (Å²) in [5.41, 5.74) is 25.0. The fourth-order valence-corrected chi connectivity index (χ4v) is 17.8. The molecule has 16 rings (SSSR count). The van der Waals surface area contributed by atoms with Crippen LogP contribution in [0.3, 0.4) is 0 Å². The minimum atomic E-state index is -0.318. The summed E-state index contributed by atoms with van der Waals surface area (Å²) in [5, 5.41) is 4.88. The average Bonchev–Trinajstić information content (AvgIpc) is 1.55. The largest absolute Gasteiger partial charge is 0.310 e. The summed E-state index contributed by atoms with van der Waals surface area (Å²) in [4.78, 5) is 5.04. The standard InChI is InChI=1S/C100H90N2/c1-3-73-49-53-75(54-50-73)31-13-7-5-9-27-69-99(81-37-15-11-16-38-81)93-45-25-23-43-89(93)91-67-65-85(71-95(91)99)101(97-47-29-35-79-33-19-21-41-87(79)97)83-61-57-77(58-62-83)78-59-63-84(64-60-78)102(98-48-30-36-80-34-20-22-42-88(80)98)86-66-68-92-90-44-24-26-46-94(90)100(96(92)72-86,82-39-17-12-18-40-82)70-28-10-6-8-14-32-76-55-51-74(4-2)52-56-76/h3-4,11-12,15-26,29-30,33-68,71-72,89,93H,1-2,5-10,13-14,27-28,31-32,69-70H2. The van der Waals surface area contributed by atoms with Crippen molar-refractivity contribution in [3.05, 3.63) is 396 Å². The molecule has 500 valence electrons. The zero-order valence-electron chi connectivity index (χ0n) is 58.7. The Kier molecular flexibility index (Phi) is 19.0. The summed E-state index contributed by atoms with van der Waals surface area (Å²) >= 11 is 0. The quantitative estimate of drug-likeness (QED) is 0.0474. The SMILES string of the molecule is C=Cc1ccc(CCCCCCCC2(c3ccccc3)c3ccccc3-c3ccc(N(c4ccc(-c5ccc(N(c6ccc7c(c6)C(CCCCCCCc6ccc(C=C)cc6)(c6ccccc6)C6C=CC=CC76)c6cccc7ccccc67)cc5)cc4)c4cccc5ccccc45)cc32)cc1. The van der Waals surface area contributed by atoms with E-state index >= 15 is 0 Å². The van der Waals surface area contributed by atoms with Crippen LogP contribution in [-0.2, 0) is 23.7 Å². The number of allylic oxidation sites excluding steroid dienone is 4. The zero-order chi connectivity index (χ0) is 68.7. The average molecular weight is 1320 g/mol. The van der Waals surface area contributed by atoms with Gasteiger partial charge in [0, 0.05) is 56.2 Å². The molecule has 13 aromatic rings. The molecule has 0 fully saturated rings. The van der Waals surface area contributed by atoms with Crippen molar-refractivity contribution in [1.29, 1.82) is 0 Å². The van der Waals surface area contributed by atoms with E-state index in [0.29, 0.717) is 11.8 Å². The second-order valence-electron chi connectivity index (χ2n) is 28.7. The van der Waals surface area contributed by atoms with Crippen LogP contribution in [0.5, 0.6) is 0 Å². The number of rotatable bonds is 27. The van der Waals surface area contributed by atoms with Gasteiger partial charge in [0.1, 0.15) is 0 Å². The highest BCUT2D eigenvalue weighted by Gasteiger charge is 2.52. The van der Waals surface area contributed by atoms with Crippen LogP contribution in [0.1, 0.15) is 139 Å². The van der Waals surface area contributed by atoms with Gasteiger partial charge < -0.3 is 9.80 Å². The molecular formula is C100H90N2. The summed E-state index contributed by atoms with van der Waals surface area (Å²) in [7, 11) is 0. The van der Waals surface area contributed by atoms with Crippen LogP contribution in [0.15, 0.2) is 341 Å². The molecule has 0 aliphatic heterocycles. The van der Waals surface area contributed by atoms with Crippen LogP contribution in [0.25, 0.3) is 56.0 Å². The topological polar surface area (TPSA) is 6.48 Å². The molecule has 2 heteroatoms.